The van der Waals surface area contributed by atoms with E-state index in [0.717, 1.165) is 11.6 Å². The van der Waals surface area contributed by atoms with Crippen LogP contribution >= 0.6 is 27.5 Å². The number of hydrogen-bond donors (Lipinski definition) is 1. The van der Waals surface area contributed by atoms with Crippen LogP contribution in [-0.4, -0.2) is 11.5 Å². The number of rotatable bonds is 4. The molecule has 1 aromatic carbocycles. The number of alkyl halides is 3. The minimum Gasteiger partial charge on any atom is -0.369 e. The first-order chi connectivity index (χ1) is 9.86. The molecule has 0 fully saturated rings. The van der Waals surface area contributed by atoms with Gasteiger partial charge in [-0.05, 0) is 46.1 Å². The molecule has 0 unspecified atom stereocenters. The smallest absolute Gasteiger partial charge is 0.369 e. The van der Waals surface area contributed by atoms with Crippen molar-refractivity contribution in [2.24, 2.45) is 0 Å². The number of benzene rings is 1. The van der Waals surface area contributed by atoms with Crippen LogP contribution in [0, 0.1) is 0 Å². The third-order valence-electron chi connectivity index (χ3n) is 2.78. The Morgan fingerprint density at radius 3 is 2.48 bits per heavy atom. The topological polar surface area (TPSA) is 24.9 Å². The number of aromatic nitrogens is 1. The van der Waals surface area contributed by atoms with Gasteiger partial charge in [0, 0.05) is 22.2 Å². The average molecular weight is 380 g/mol. The van der Waals surface area contributed by atoms with Crippen molar-refractivity contribution in [3.8, 4) is 0 Å². The predicted octanol–water partition coefficient (Wildman–Crippen LogP) is 5.17. The maximum atomic E-state index is 12.9. The van der Waals surface area contributed by atoms with Gasteiger partial charge in [0.05, 0.1) is 5.56 Å². The van der Waals surface area contributed by atoms with E-state index in [1.807, 2.05) is 12.1 Å². The first kappa shape index (κ1) is 16.1. The van der Waals surface area contributed by atoms with Crippen molar-refractivity contribution in [3.63, 3.8) is 0 Å². The predicted molar refractivity (Wildman–Crippen MR) is 80.6 cm³/mol. The molecule has 0 amide bonds. The van der Waals surface area contributed by atoms with Crippen LogP contribution in [0.1, 0.15) is 11.1 Å². The Labute approximate surface area is 133 Å². The summed E-state index contributed by atoms with van der Waals surface area (Å²) in [6, 6.07) is 8.18. The monoisotopic (exact) mass is 378 g/mol. The molecule has 1 aromatic heterocycles. The van der Waals surface area contributed by atoms with Crippen molar-refractivity contribution >= 4 is 33.3 Å². The van der Waals surface area contributed by atoms with Crippen molar-refractivity contribution < 1.29 is 13.2 Å². The summed E-state index contributed by atoms with van der Waals surface area (Å²) in [5.41, 5.74) is 0.200. The van der Waals surface area contributed by atoms with Crippen molar-refractivity contribution in [2.45, 2.75) is 12.6 Å². The molecule has 21 heavy (non-hydrogen) atoms. The summed E-state index contributed by atoms with van der Waals surface area (Å²) in [6.07, 6.45) is -2.54. The zero-order chi connectivity index (χ0) is 15.5. The fourth-order valence-corrected chi connectivity index (χ4v) is 2.23. The minimum absolute atomic E-state index is 0.167. The number of anilines is 1. The minimum atomic E-state index is -4.45. The summed E-state index contributed by atoms with van der Waals surface area (Å²) < 4.78 is 39.0. The van der Waals surface area contributed by atoms with Gasteiger partial charge in [-0.3, -0.25) is 0 Å². The Balaban J connectivity index is 2.05. The van der Waals surface area contributed by atoms with Gasteiger partial charge in [-0.15, -0.1) is 0 Å². The molecule has 2 nitrogen and oxygen atoms in total. The number of hydrogen-bond acceptors (Lipinski definition) is 2. The summed E-state index contributed by atoms with van der Waals surface area (Å²) in [6.45, 7) is 0.347. The molecule has 1 heterocycles. The highest BCUT2D eigenvalue weighted by molar-refractivity contribution is 9.10. The fraction of sp³-hybridized carbons (Fsp3) is 0.214. The van der Waals surface area contributed by atoms with E-state index in [-0.39, 0.29) is 10.3 Å². The fourth-order valence-electron chi connectivity index (χ4n) is 1.77. The number of nitrogens with zero attached hydrogens (tertiary/aromatic N) is 1. The lowest BCUT2D eigenvalue weighted by molar-refractivity contribution is -0.137. The first-order valence-corrected chi connectivity index (χ1v) is 7.24. The molecule has 0 aliphatic carbocycles. The van der Waals surface area contributed by atoms with Crippen LogP contribution in [0.5, 0.6) is 0 Å². The standard InChI is InChI=1S/C14H11BrClF3N2/c15-10-7-12(14(17,18)19)13(21-8-10)20-6-5-9-1-3-11(16)4-2-9/h1-4,7-8H,5-6H2,(H,20,21). The van der Waals surface area contributed by atoms with Gasteiger partial charge in [0.1, 0.15) is 5.82 Å². The highest BCUT2D eigenvalue weighted by atomic mass is 79.9. The van der Waals surface area contributed by atoms with E-state index >= 15 is 0 Å². The summed E-state index contributed by atoms with van der Waals surface area (Å²) in [5.74, 6) is -0.167. The van der Waals surface area contributed by atoms with Gasteiger partial charge < -0.3 is 5.32 Å². The van der Waals surface area contributed by atoms with Crippen molar-refractivity contribution in [1.29, 1.82) is 0 Å². The van der Waals surface area contributed by atoms with Crippen molar-refractivity contribution in [1.82, 2.24) is 4.98 Å². The highest BCUT2D eigenvalue weighted by Crippen LogP contribution is 2.35. The second-order valence-electron chi connectivity index (χ2n) is 4.35. The molecule has 0 aliphatic rings. The lowest BCUT2D eigenvalue weighted by atomic mass is 10.1. The normalized spacial score (nSPS) is 11.5. The zero-order valence-corrected chi connectivity index (χ0v) is 13.1. The average Bonchev–Trinajstić information content (AvgIpc) is 2.41. The quantitative estimate of drug-likeness (QED) is 0.792. The molecule has 0 saturated heterocycles. The second kappa shape index (κ2) is 6.66. The van der Waals surface area contributed by atoms with Gasteiger partial charge in [0.15, 0.2) is 0 Å². The molecule has 0 saturated carbocycles. The van der Waals surface area contributed by atoms with E-state index in [4.69, 9.17) is 11.6 Å². The van der Waals surface area contributed by atoms with Gasteiger partial charge in [-0.2, -0.15) is 13.2 Å². The molecular weight excluding hydrogens is 369 g/mol. The van der Waals surface area contributed by atoms with Gasteiger partial charge in [-0.25, -0.2) is 4.98 Å². The Kier molecular flexibility index (Phi) is 5.11. The van der Waals surface area contributed by atoms with E-state index in [9.17, 15) is 13.2 Å². The van der Waals surface area contributed by atoms with E-state index < -0.39 is 11.7 Å². The molecular formula is C14H11BrClF3N2. The molecule has 0 aliphatic heterocycles. The Bertz CT molecular complexity index is 615. The van der Waals surface area contributed by atoms with Gasteiger partial charge >= 0.3 is 6.18 Å². The molecule has 7 heteroatoms. The van der Waals surface area contributed by atoms with Crippen molar-refractivity contribution in [3.05, 3.63) is 57.2 Å². The lowest BCUT2D eigenvalue weighted by Gasteiger charge is -2.13. The third-order valence-corrected chi connectivity index (χ3v) is 3.46. The van der Waals surface area contributed by atoms with Gasteiger partial charge in [0.2, 0.25) is 0 Å². The second-order valence-corrected chi connectivity index (χ2v) is 5.70. The maximum absolute atomic E-state index is 12.9. The molecule has 2 aromatic rings. The van der Waals surface area contributed by atoms with E-state index in [2.05, 4.69) is 26.2 Å². The molecule has 0 bridgehead atoms. The molecule has 0 spiro atoms. The van der Waals surface area contributed by atoms with Crippen LogP contribution in [0.25, 0.3) is 0 Å². The molecule has 112 valence electrons. The zero-order valence-electron chi connectivity index (χ0n) is 10.7. The SMILES string of the molecule is FC(F)(F)c1cc(Br)cnc1NCCc1ccc(Cl)cc1. The number of halogens is 5. The number of nitrogens with one attached hydrogen (secondary N) is 1. The van der Waals surface area contributed by atoms with Gasteiger partial charge in [-0.1, -0.05) is 23.7 Å². The largest absolute Gasteiger partial charge is 0.419 e. The summed E-state index contributed by atoms with van der Waals surface area (Å²) in [4.78, 5) is 3.79. The van der Waals surface area contributed by atoms with Crippen LogP contribution in [0.15, 0.2) is 41.0 Å². The number of pyridine rings is 1. The Morgan fingerprint density at radius 2 is 1.86 bits per heavy atom. The molecule has 0 radical (unpaired) electrons. The Morgan fingerprint density at radius 1 is 1.19 bits per heavy atom. The van der Waals surface area contributed by atoms with Crippen LogP contribution < -0.4 is 5.32 Å². The summed E-state index contributed by atoms with van der Waals surface area (Å²) >= 11 is 8.77. The maximum Gasteiger partial charge on any atom is 0.419 e. The van der Waals surface area contributed by atoms with E-state index in [1.165, 1.54) is 6.20 Å². The summed E-state index contributed by atoms with van der Waals surface area (Å²) in [5, 5.41) is 3.35. The molecule has 1 N–H and O–H groups in total. The van der Waals surface area contributed by atoms with E-state index in [0.29, 0.717) is 18.0 Å². The Hall–Kier alpha value is -1.27. The van der Waals surface area contributed by atoms with E-state index in [1.54, 1.807) is 12.1 Å². The lowest BCUT2D eigenvalue weighted by Crippen LogP contribution is -2.14. The molecule has 2 rings (SSSR count). The van der Waals surface area contributed by atoms with Gasteiger partial charge in [0.25, 0.3) is 0 Å². The molecule has 0 atom stereocenters. The highest BCUT2D eigenvalue weighted by Gasteiger charge is 2.34. The van der Waals surface area contributed by atoms with Crippen LogP contribution in [0.3, 0.4) is 0 Å². The summed E-state index contributed by atoms with van der Waals surface area (Å²) in [7, 11) is 0. The van der Waals surface area contributed by atoms with Crippen LogP contribution in [0.2, 0.25) is 5.02 Å². The third kappa shape index (κ3) is 4.61. The first-order valence-electron chi connectivity index (χ1n) is 6.07. The van der Waals surface area contributed by atoms with Crippen LogP contribution in [0.4, 0.5) is 19.0 Å². The van der Waals surface area contributed by atoms with Crippen LogP contribution in [-0.2, 0) is 12.6 Å². The van der Waals surface area contributed by atoms with Crippen molar-refractivity contribution in [2.75, 3.05) is 11.9 Å².